The largest absolute Gasteiger partial charge is 0.468 e. The quantitative estimate of drug-likeness (QED) is 0.654. The third-order valence-electron chi connectivity index (χ3n) is 1.96. The summed E-state index contributed by atoms with van der Waals surface area (Å²) in [7, 11) is 0. The molecule has 1 aromatic rings. The van der Waals surface area contributed by atoms with Crippen molar-refractivity contribution in [1.82, 2.24) is 0 Å². The molecule has 0 N–H and O–H groups in total. The highest BCUT2D eigenvalue weighted by molar-refractivity contribution is 5.16. The molecule has 2 rings (SSSR count). The summed E-state index contributed by atoms with van der Waals surface area (Å²) in [6, 6.07) is 9.93. The average Bonchev–Trinajstić information content (AvgIpc) is 2.19. The van der Waals surface area contributed by atoms with Gasteiger partial charge in [-0.15, -0.1) is 0 Å². The summed E-state index contributed by atoms with van der Waals surface area (Å²) < 4.78 is 10.9. The number of hydrogen-bond acceptors (Lipinski definition) is 2. The van der Waals surface area contributed by atoms with Gasteiger partial charge in [-0.2, -0.15) is 0 Å². The van der Waals surface area contributed by atoms with Gasteiger partial charge >= 0.3 is 0 Å². The summed E-state index contributed by atoms with van der Waals surface area (Å²) in [5.41, 5.74) is 1.05. The maximum atomic E-state index is 5.56. The van der Waals surface area contributed by atoms with Gasteiger partial charge in [0.15, 0.2) is 0 Å². The van der Waals surface area contributed by atoms with Crippen molar-refractivity contribution < 1.29 is 9.47 Å². The van der Waals surface area contributed by atoms with Gasteiger partial charge < -0.3 is 9.47 Å². The lowest BCUT2D eigenvalue weighted by Crippen LogP contribution is -2.16. The van der Waals surface area contributed by atoms with Crippen molar-refractivity contribution in [2.45, 2.75) is 19.3 Å². The lowest BCUT2D eigenvalue weighted by atomic mass is 10.2. The molecule has 0 radical (unpaired) electrons. The van der Waals surface area contributed by atoms with Crippen LogP contribution in [0.3, 0.4) is 0 Å². The van der Waals surface area contributed by atoms with Crippen LogP contribution in [0.15, 0.2) is 42.7 Å². The van der Waals surface area contributed by atoms with Gasteiger partial charge in [0.2, 0.25) is 6.29 Å². The van der Waals surface area contributed by atoms with Crippen LogP contribution in [0.4, 0.5) is 0 Å². The van der Waals surface area contributed by atoms with E-state index < -0.39 is 0 Å². The van der Waals surface area contributed by atoms with Crippen LogP contribution in [0.2, 0.25) is 0 Å². The van der Waals surface area contributed by atoms with Crippen LogP contribution in [0.25, 0.3) is 0 Å². The normalized spacial score (nSPS) is 26.8. The van der Waals surface area contributed by atoms with Crippen molar-refractivity contribution in [3.63, 3.8) is 0 Å². The minimum atomic E-state index is -0.249. The van der Waals surface area contributed by atoms with Crippen LogP contribution in [-0.2, 0) is 9.47 Å². The highest BCUT2D eigenvalue weighted by Gasteiger charge is 2.17. The highest BCUT2D eigenvalue weighted by Crippen LogP contribution is 2.24. The highest BCUT2D eigenvalue weighted by atomic mass is 16.7. The van der Waals surface area contributed by atoms with E-state index in [4.69, 9.17) is 9.47 Å². The molecule has 0 saturated carbocycles. The number of rotatable bonds is 1. The minimum Gasteiger partial charge on any atom is -0.468 e. The third-order valence-corrected chi connectivity index (χ3v) is 1.96. The first-order valence-corrected chi connectivity index (χ1v) is 4.39. The fourth-order valence-electron chi connectivity index (χ4n) is 1.27. The van der Waals surface area contributed by atoms with Crippen LogP contribution in [0.1, 0.15) is 18.8 Å². The van der Waals surface area contributed by atoms with E-state index in [1.54, 1.807) is 6.26 Å². The van der Waals surface area contributed by atoms with Crippen molar-refractivity contribution >= 4 is 0 Å². The predicted octanol–water partition coefficient (Wildman–Crippen LogP) is 2.63. The van der Waals surface area contributed by atoms with E-state index in [2.05, 4.69) is 0 Å². The molecule has 0 amide bonds. The van der Waals surface area contributed by atoms with Gasteiger partial charge in [0.25, 0.3) is 0 Å². The van der Waals surface area contributed by atoms with Crippen molar-refractivity contribution in [3.8, 4) is 0 Å². The third kappa shape index (κ3) is 1.90. The fourth-order valence-corrected chi connectivity index (χ4v) is 1.27. The van der Waals surface area contributed by atoms with E-state index in [-0.39, 0.29) is 12.4 Å². The van der Waals surface area contributed by atoms with E-state index in [0.29, 0.717) is 0 Å². The SMILES string of the molecule is CC1C=COC(c2ccccc2)O1. The van der Waals surface area contributed by atoms with Crippen LogP contribution in [-0.4, -0.2) is 6.10 Å². The molecule has 13 heavy (non-hydrogen) atoms. The molecular weight excluding hydrogens is 164 g/mol. The summed E-state index contributed by atoms with van der Waals surface area (Å²) in [5, 5.41) is 0. The lowest BCUT2D eigenvalue weighted by Gasteiger charge is -2.24. The molecule has 0 aromatic heterocycles. The Hall–Kier alpha value is -1.28. The molecule has 68 valence electrons. The molecule has 2 nitrogen and oxygen atoms in total. The smallest absolute Gasteiger partial charge is 0.226 e. The molecule has 0 fully saturated rings. The van der Waals surface area contributed by atoms with Crippen LogP contribution in [0, 0.1) is 0 Å². The summed E-state index contributed by atoms with van der Waals surface area (Å²) >= 11 is 0. The van der Waals surface area contributed by atoms with Crippen molar-refractivity contribution in [2.75, 3.05) is 0 Å². The molecule has 0 aliphatic carbocycles. The van der Waals surface area contributed by atoms with Crippen molar-refractivity contribution in [1.29, 1.82) is 0 Å². The molecule has 1 aliphatic rings. The molecule has 2 heteroatoms. The van der Waals surface area contributed by atoms with Gasteiger partial charge in [0.05, 0.1) is 12.4 Å². The molecule has 1 aromatic carbocycles. The van der Waals surface area contributed by atoms with Crippen molar-refractivity contribution in [2.24, 2.45) is 0 Å². The lowest BCUT2D eigenvalue weighted by molar-refractivity contribution is -0.143. The molecular formula is C11H12O2. The molecule has 1 heterocycles. The summed E-state index contributed by atoms with van der Waals surface area (Å²) in [5.74, 6) is 0. The molecule has 2 unspecified atom stereocenters. The summed E-state index contributed by atoms with van der Waals surface area (Å²) in [4.78, 5) is 0. The van der Waals surface area contributed by atoms with Gasteiger partial charge in [0.1, 0.15) is 0 Å². The number of ether oxygens (including phenoxy) is 2. The van der Waals surface area contributed by atoms with E-state index in [1.165, 1.54) is 0 Å². The standard InChI is InChI=1S/C11H12O2/c1-9-7-8-12-11(13-9)10-5-3-2-4-6-10/h2-9,11H,1H3. The maximum Gasteiger partial charge on any atom is 0.226 e. The van der Waals surface area contributed by atoms with E-state index in [0.717, 1.165) is 5.56 Å². The monoisotopic (exact) mass is 176 g/mol. The van der Waals surface area contributed by atoms with Crippen LogP contribution >= 0.6 is 0 Å². The van der Waals surface area contributed by atoms with E-state index in [9.17, 15) is 0 Å². The Morgan fingerprint density at radius 2 is 1.92 bits per heavy atom. The second-order valence-corrected chi connectivity index (χ2v) is 3.05. The Kier molecular flexibility index (Phi) is 2.32. The Morgan fingerprint density at radius 1 is 1.15 bits per heavy atom. The van der Waals surface area contributed by atoms with Gasteiger partial charge in [-0.3, -0.25) is 0 Å². The van der Waals surface area contributed by atoms with Gasteiger partial charge in [0, 0.05) is 5.56 Å². The molecule has 2 atom stereocenters. The van der Waals surface area contributed by atoms with Gasteiger partial charge in [-0.25, -0.2) is 0 Å². The summed E-state index contributed by atoms with van der Waals surface area (Å²) in [6.45, 7) is 2.00. The first-order chi connectivity index (χ1) is 6.36. The zero-order valence-corrected chi connectivity index (χ0v) is 7.51. The van der Waals surface area contributed by atoms with E-state index >= 15 is 0 Å². The van der Waals surface area contributed by atoms with Crippen LogP contribution < -0.4 is 0 Å². The van der Waals surface area contributed by atoms with Crippen molar-refractivity contribution in [3.05, 3.63) is 48.2 Å². The zero-order chi connectivity index (χ0) is 9.10. The zero-order valence-electron chi connectivity index (χ0n) is 7.51. The fraction of sp³-hybridized carbons (Fsp3) is 0.273. The Morgan fingerprint density at radius 3 is 2.62 bits per heavy atom. The molecule has 0 saturated heterocycles. The topological polar surface area (TPSA) is 18.5 Å². The maximum absolute atomic E-state index is 5.56. The second kappa shape index (κ2) is 3.62. The Labute approximate surface area is 77.8 Å². The van der Waals surface area contributed by atoms with Crippen LogP contribution in [0.5, 0.6) is 0 Å². The molecule has 0 bridgehead atoms. The first-order valence-electron chi connectivity index (χ1n) is 4.39. The predicted molar refractivity (Wildman–Crippen MR) is 50.0 cm³/mol. The number of benzene rings is 1. The average molecular weight is 176 g/mol. The molecule has 0 spiro atoms. The molecule has 1 aliphatic heterocycles. The van der Waals surface area contributed by atoms with Gasteiger partial charge in [-0.05, 0) is 13.0 Å². The van der Waals surface area contributed by atoms with Gasteiger partial charge in [-0.1, -0.05) is 30.3 Å². The second-order valence-electron chi connectivity index (χ2n) is 3.05. The van der Waals surface area contributed by atoms with E-state index in [1.807, 2.05) is 43.3 Å². The Bertz CT molecular complexity index is 292. The minimum absolute atomic E-state index is 0.124. The first kappa shape index (κ1) is 8.32. The summed E-state index contributed by atoms with van der Waals surface area (Å²) in [6.07, 6.45) is 3.46. The number of hydrogen-bond donors (Lipinski definition) is 0. The Balaban J connectivity index is 2.15.